The number of nitrogens with zero attached hydrogens (tertiary/aromatic N) is 1. The van der Waals surface area contributed by atoms with Crippen molar-refractivity contribution in [2.24, 2.45) is 16.5 Å². The third-order valence-corrected chi connectivity index (χ3v) is 4.25. The van der Waals surface area contributed by atoms with E-state index in [4.69, 9.17) is 38.0 Å². The molecule has 0 saturated heterocycles. The first-order chi connectivity index (χ1) is 15.0. The highest BCUT2D eigenvalue weighted by atomic mass is 35.5. The smallest absolute Gasteiger partial charge is 0.345 e. The molecule has 168 valence electrons. The number of carbonyl (C=O) groups is 4. The molecule has 7 N–H and O–H groups in total. The standard InChI is InChI=1S/C20H19ClN4O7/c21-14-8-11(24-20(22)23)3-6-13(14)19(31)32-12-4-1-10(2-5-12)7-16(26)25-15(18(29)30)9-17(27)28/h1-6,8,15H,7,9H2,(H,25,26)(H,27,28)(H,29,30)(H4,22,23,24)/t15-/m0/s1. The van der Waals surface area contributed by atoms with E-state index >= 15 is 0 Å². The van der Waals surface area contributed by atoms with Gasteiger partial charge in [-0.05, 0) is 35.9 Å². The molecule has 32 heavy (non-hydrogen) atoms. The van der Waals surface area contributed by atoms with Gasteiger partial charge < -0.3 is 31.7 Å². The SMILES string of the molecule is NC(N)=Nc1ccc(C(=O)Oc2ccc(CC(=O)N[C@@H](CC(=O)O)C(=O)O)cc2)c(Cl)c1. The van der Waals surface area contributed by atoms with Gasteiger partial charge in [-0.2, -0.15) is 0 Å². The van der Waals surface area contributed by atoms with Gasteiger partial charge in [0, 0.05) is 0 Å². The van der Waals surface area contributed by atoms with E-state index < -0.39 is 36.3 Å². The Morgan fingerprint density at radius 2 is 1.72 bits per heavy atom. The number of hydrogen-bond acceptors (Lipinski definition) is 6. The minimum Gasteiger partial charge on any atom is -0.481 e. The second-order valence-corrected chi connectivity index (χ2v) is 6.87. The van der Waals surface area contributed by atoms with Gasteiger partial charge in [-0.25, -0.2) is 14.6 Å². The van der Waals surface area contributed by atoms with E-state index in [1.165, 1.54) is 42.5 Å². The maximum absolute atomic E-state index is 12.3. The summed E-state index contributed by atoms with van der Waals surface area (Å²) in [5.74, 6) is -4.18. The number of nitrogens with two attached hydrogens (primary N) is 2. The van der Waals surface area contributed by atoms with Crippen molar-refractivity contribution in [2.45, 2.75) is 18.9 Å². The van der Waals surface area contributed by atoms with Crippen LogP contribution < -0.4 is 21.5 Å². The number of halogens is 1. The number of aliphatic carboxylic acids is 2. The van der Waals surface area contributed by atoms with Crippen molar-refractivity contribution < 1.29 is 34.1 Å². The van der Waals surface area contributed by atoms with Crippen molar-refractivity contribution in [3.63, 3.8) is 0 Å². The van der Waals surface area contributed by atoms with Crippen molar-refractivity contribution in [1.29, 1.82) is 0 Å². The fraction of sp³-hybridized carbons (Fsp3) is 0.150. The Labute approximate surface area is 186 Å². The van der Waals surface area contributed by atoms with Gasteiger partial charge in [0.15, 0.2) is 5.96 Å². The number of carboxylic acids is 2. The minimum atomic E-state index is -1.54. The summed E-state index contributed by atoms with van der Waals surface area (Å²) in [4.78, 5) is 49.9. The first kappa shape index (κ1) is 24.2. The molecule has 1 amide bonds. The summed E-state index contributed by atoms with van der Waals surface area (Å²) < 4.78 is 5.25. The number of carboxylic acid groups (broad SMARTS) is 2. The quantitative estimate of drug-likeness (QED) is 0.156. The van der Waals surface area contributed by atoms with Gasteiger partial charge in [-0.15, -0.1) is 0 Å². The molecule has 0 saturated carbocycles. The van der Waals surface area contributed by atoms with Crippen molar-refractivity contribution >= 4 is 47.1 Å². The number of nitrogens with one attached hydrogen (secondary N) is 1. The van der Waals surface area contributed by atoms with Crippen LogP contribution >= 0.6 is 11.6 Å². The lowest BCUT2D eigenvalue weighted by Gasteiger charge is -2.12. The van der Waals surface area contributed by atoms with Gasteiger partial charge in [-0.1, -0.05) is 23.7 Å². The van der Waals surface area contributed by atoms with Crippen LogP contribution in [0.25, 0.3) is 0 Å². The maximum Gasteiger partial charge on any atom is 0.345 e. The summed E-state index contributed by atoms with van der Waals surface area (Å²) in [6.45, 7) is 0. The van der Waals surface area contributed by atoms with Crippen LogP contribution in [-0.4, -0.2) is 46.0 Å². The van der Waals surface area contributed by atoms with Gasteiger partial charge in [0.2, 0.25) is 5.91 Å². The third kappa shape index (κ3) is 7.29. The number of aliphatic imine (C=N–C) groups is 1. The largest absolute Gasteiger partial charge is 0.481 e. The van der Waals surface area contributed by atoms with Gasteiger partial charge in [-0.3, -0.25) is 9.59 Å². The normalized spacial score (nSPS) is 11.2. The predicted molar refractivity (Wildman–Crippen MR) is 114 cm³/mol. The Morgan fingerprint density at radius 1 is 1.06 bits per heavy atom. The molecule has 0 aromatic heterocycles. The molecule has 0 aliphatic carbocycles. The fourth-order valence-corrected chi connectivity index (χ4v) is 2.78. The molecule has 0 radical (unpaired) electrons. The zero-order valence-electron chi connectivity index (χ0n) is 16.4. The van der Waals surface area contributed by atoms with E-state index in [0.717, 1.165) is 0 Å². The lowest BCUT2D eigenvalue weighted by molar-refractivity contribution is -0.147. The van der Waals surface area contributed by atoms with Crippen LogP contribution in [0.15, 0.2) is 47.5 Å². The summed E-state index contributed by atoms with van der Waals surface area (Å²) in [6.07, 6.45) is -0.943. The van der Waals surface area contributed by atoms with Crippen molar-refractivity contribution in [3.05, 3.63) is 58.6 Å². The number of benzene rings is 2. The predicted octanol–water partition coefficient (Wildman–Crippen LogP) is 1.05. The van der Waals surface area contributed by atoms with E-state index in [9.17, 15) is 19.2 Å². The Kier molecular flexibility index (Phi) is 8.13. The molecule has 2 rings (SSSR count). The van der Waals surface area contributed by atoms with Gasteiger partial charge >= 0.3 is 17.9 Å². The van der Waals surface area contributed by atoms with Crippen molar-refractivity contribution in [1.82, 2.24) is 5.32 Å². The van der Waals surface area contributed by atoms with E-state index in [-0.39, 0.29) is 28.7 Å². The van der Waals surface area contributed by atoms with E-state index in [1.807, 2.05) is 0 Å². The van der Waals surface area contributed by atoms with Crippen LogP contribution in [0, 0.1) is 0 Å². The Hall–Kier alpha value is -4.12. The average molecular weight is 463 g/mol. The number of rotatable bonds is 9. The van der Waals surface area contributed by atoms with Crippen LogP contribution in [0.5, 0.6) is 5.75 Å². The van der Waals surface area contributed by atoms with E-state index in [1.54, 1.807) is 0 Å². The second-order valence-electron chi connectivity index (χ2n) is 6.47. The van der Waals surface area contributed by atoms with Gasteiger partial charge in [0.1, 0.15) is 11.8 Å². The Balaban J connectivity index is 2.00. The zero-order chi connectivity index (χ0) is 23.8. The van der Waals surface area contributed by atoms with Crippen molar-refractivity contribution in [3.8, 4) is 5.75 Å². The minimum absolute atomic E-state index is 0.0835. The first-order valence-corrected chi connectivity index (χ1v) is 9.37. The monoisotopic (exact) mass is 462 g/mol. The number of amides is 1. The molecule has 0 bridgehead atoms. The molecule has 0 unspecified atom stereocenters. The molecular formula is C20H19ClN4O7. The molecular weight excluding hydrogens is 444 g/mol. The second kappa shape index (κ2) is 10.8. The Morgan fingerprint density at radius 3 is 2.25 bits per heavy atom. The number of guanidine groups is 1. The summed E-state index contributed by atoms with van der Waals surface area (Å²) in [7, 11) is 0. The maximum atomic E-state index is 12.3. The van der Waals surface area contributed by atoms with Crippen LogP contribution in [0.4, 0.5) is 5.69 Å². The van der Waals surface area contributed by atoms with Crippen LogP contribution in [0.2, 0.25) is 5.02 Å². The lowest BCUT2D eigenvalue weighted by atomic mass is 10.1. The zero-order valence-corrected chi connectivity index (χ0v) is 17.2. The number of esters is 1. The topological polar surface area (TPSA) is 194 Å². The van der Waals surface area contributed by atoms with E-state index in [2.05, 4.69) is 10.3 Å². The summed E-state index contributed by atoms with van der Waals surface area (Å²) in [5, 5.41) is 19.9. The van der Waals surface area contributed by atoms with Crippen LogP contribution in [-0.2, 0) is 20.8 Å². The molecule has 11 nitrogen and oxygen atoms in total. The molecule has 0 heterocycles. The van der Waals surface area contributed by atoms with Gasteiger partial charge in [0.25, 0.3) is 0 Å². The molecule has 0 aliphatic heterocycles. The molecule has 12 heteroatoms. The molecule has 0 fully saturated rings. The van der Waals surface area contributed by atoms with Crippen LogP contribution in [0.3, 0.4) is 0 Å². The highest BCUT2D eigenvalue weighted by Gasteiger charge is 2.23. The Bertz CT molecular complexity index is 1070. The highest BCUT2D eigenvalue weighted by Crippen LogP contribution is 2.24. The lowest BCUT2D eigenvalue weighted by Crippen LogP contribution is -2.42. The first-order valence-electron chi connectivity index (χ1n) is 8.99. The highest BCUT2D eigenvalue weighted by molar-refractivity contribution is 6.33. The molecule has 0 aliphatic rings. The summed E-state index contributed by atoms with van der Waals surface area (Å²) in [6, 6.07) is 8.62. The summed E-state index contributed by atoms with van der Waals surface area (Å²) in [5.41, 5.74) is 11.5. The number of hydrogen-bond donors (Lipinski definition) is 5. The van der Waals surface area contributed by atoms with E-state index in [0.29, 0.717) is 11.3 Å². The summed E-state index contributed by atoms with van der Waals surface area (Å²) >= 11 is 6.08. The molecule has 2 aromatic rings. The average Bonchev–Trinajstić information content (AvgIpc) is 2.68. The molecule has 0 spiro atoms. The third-order valence-electron chi connectivity index (χ3n) is 3.94. The number of ether oxygens (including phenoxy) is 1. The molecule has 1 atom stereocenters. The fourth-order valence-electron chi connectivity index (χ4n) is 2.53. The van der Waals surface area contributed by atoms with Gasteiger partial charge in [0.05, 0.1) is 29.1 Å². The van der Waals surface area contributed by atoms with Crippen molar-refractivity contribution in [2.75, 3.05) is 0 Å². The molecule has 2 aromatic carbocycles. The van der Waals surface area contributed by atoms with Crippen LogP contribution in [0.1, 0.15) is 22.3 Å². The number of carbonyl (C=O) groups excluding carboxylic acids is 2.